The van der Waals surface area contributed by atoms with E-state index in [0.29, 0.717) is 0 Å². The Hall–Kier alpha value is -1.71. The third-order valence-corrected chi connectivity index (χ3v) is 3.93. The van der Waals surface area contributed by atoms with Crippen molar-refractivity contribution >= 4 is 16.0 Å². The number of hydrogen-bond donors (Lipinski definition) is 3. The molecule has 1 aromatic heterocycles. The van der Waals surface area contributed by atoms with Gasteiger partial charge in [-0.15, -0.1) is 0 Å². The van der Waals surface area contributed by atoms with Crippen molar-refractivity contribution in [3.63, 3.8) is 0 Å². The van der Waals surface area contributed by atoms with E-state index in [9.17, 15) is 8.42 Å². The molecule has 9 heteroatoms. The first-order valence-electron chi connectivity index (χ1n) is 5.53. The van der Waals surface area contributed by atoms with Gasteiger partial charge in [-0.05, 0) is 11.6 Å². The van der Waals surface area contributed by atoms with E-state index in [1.807, 2.05) is 0 Å². The van der Waals surface area contributed by atoms with Crippen LogP contribution in [0.4, 0.5) is 0 Å². The van der Waals surface area contributed by atoms with Gasteiger partial charge in [0.1, 0.15) is 5.84 Å². The number of hydrogen-bond acceptors (Lipinski definition) is 5. The normalized spacial score (nSPS) is 12.8. The van der Waals surface area contributed by atoms with Crippen LogP contribution in [0.2, 0.25) is 0 Å². The second-order valence-electron chi connectivity index (χ2n) is 3.75. The number of amidine groups is 1. The minimum absolute atomic E-state index is 0.0255. The molecule has 0 aliphatic carbocycles. The van der Waals surface area contributed by atoms with Crippen LogP contribution in [-0.2, 0) is 16.8 Å². The molecule has 19 heavy (non-hydrogen) atoms. The fraction of sp³-hybridized carbons (Fsp3) is 0.400. The number of nitrogens with two attached hydrogens (primary N) is 1. The topological polar surface area (TPSA) is 121 Å². The molecule has 0 aliphatic heterocycles. The lowest BCUT2D eigenvalue weighted by Gasteiger charge is -2.21. The zero-order valence-corrected chi connectivity index (χ0v) is 11.3. The Balaban J connectivity index is 2.82. The number of pyridine rings is 1. The molecule has 0 fully saturated rings. The Morgan fingerprint density at radius 2 is 2.37 bits per heavy atom. The molecular weight excluding hydrogens is 270 g/mol. The Bertz CT molecular complexity index is 517. The molecule has 8 nitrogen and oxygen atoms in total. The molecule has 0 amide bonds. The second-order valence-corrected chi connectivity index (χ2v) is 5.62. The molecule has 0 saturated carbocycles. The molecule has 0 unspecified atom stereocenters. The maximum absolute atomic E-state index is 11.9. The van der Waals surface area contributed by atoms with E-state index in [1.165, 1.54) is 11.4 Å². The quantitative estimate of drug-likeness (QED) is 0.270. The van der Waals surface area contributed by atoms with Crippen molar-refractivity contribution in [2.24, 2.45) is 10.9 Å². The van der Waals surface area contributed by atoms with Gasteiger partial charge in [-0.3, -0.25) is 4.98 Å². The summed E-state index contributed by atoms with van der Waals surface area (Å²) >= 11 is 0. The van der Waals surface area contributed by atoms with E-state index in [0.717, 1.165) is 5.56 Å². The number of nitrogens with one attached hydrogen (secondary N) is 1. The predicted octanol–water partition coefficient (Wildman–Crippen LogP) is -0.516. The summed E-state index contributed by atoms with van der Waals surface area (Å²) in [5.74, 6) is -0.0255. The molecule has 0 aromatic carbocycles. The molecule has 0 atom stereocenters. The molecule has 106 valence electrons. The van der Waals surface area contributed by atoms with Crippen LogP contribution in [0.25, 0.3) is 0 Å². The van der Waals surface area contributed by atoms with Gasteiger partial charge in [0.25, 0.3) is 10.2 Å². The number of rotatable bonds is 7. The summed E-state index contributed by atoms with van der Waals surface area (Å²) in [6, 6.07) is 3.50. The lowest BCUT2D eigenvalue weighted by Crippen LogP contribution is -2.40. The number of aromatic nitrogens is 1. The highest BCUT2D eigenvalue weighted by atomic mass is 32.2. The first-order valence-corrected chi connectivity index (χ1v) is 6.97. The third kappa shape index (κ3) is 4.81. The van der Waals surface area contributed by atoms with Gasteiger partial charge in [0, 0.05) is 39.0 Å². The fourth-order valence-electron chi connectivity index (χ4n) is 1.40. The molecule has 1 rings (SSSR count). The zero-order valence-electron chi connectivity index (χ0n) is 10.5. The Labute approximate surface area is 112 Å². The highest BCUT2D eigenvalue weighted by Gasteiger charge is 2.20. The van der Waals surface area contributed by atoms with Crippen LogP contribution in [0.15, 0.2) is 29.7 Å². The predicted molar refractivity (Wildman–Crippen MR) is 70.7 cm³/mol. The highest BCUT2D eigenvalue weighted by molar-refractivity contribution is 7.87. The Kier molecular flexibility index (Phi) is 5.67. The van der Waals surface area contributed by atoms with E-state index >= 15 is 0 Å². The molecule has 0 bridgehead atoms. The van der Waals surface area contributed by atoms with Gasteiger partial charge in [-0.1, -0.05) is 11.2 Å². The number of oxime groups is 1. The van der Waals surface area contributed by atoms with Crippen molar-refractivity contribution in [2.45, 2.75) is 13.0 Å². The van der Waals surface area contributed by atoms with Crippen LogP contribution >= 0.6 is 0 Å². The highest BCUT2D eigenvalue weighted by Crippen LogP contribution is 2.07. The lowest BCUT2D eigenvalue weighted by molar-refractivity contribution is 0.315. The number of nitrogens with zero attached hydrogens (tertiary/aromatic N) is 3. The van der Waals surface area contributed by atoms with E-state index < -0.39 is 10.2 Å². The zero-order chi connectivity index (χ0) is 14.3. The molecule has 0 spiro atoms. The van der Waals surface area contributed by atoms with Gasteiger partial charge < -0.3 is 10.9 Å². The van der Waals surface area contributed by atoms with Crippen LogP contribution in [0.3, 0.4) is 0 Å². The van der Waals surface area contributed by atoms with Crippen molar-refractivity contribution < 1.29 is 13.6 Å². The average Bonchev–Trinajstić information content (AvgIpc) is 2.43. The monoisotopic (exact) mass is 287 g/mol. The average molecular weight is 287 g/mol. The molecule has 1 heterocycles. The van der Waals surface area contributed by atoms with Crippen LogP contribution < -0.4 is 10.5 Å². The lowest BCUT2D eigenvalue weighted by atomic mass is 10.3. The first-order chi connectivity index (χ1) is 8.99. The van der Waals surface area contributed by atoms with Gasteiger partial charge in [-0.25, -0.2) is 4.72 Å². The largest absolute Gasteiger partial charge is 0.409 e. The van der Waals surface area contributed by atoms with Crippen molar-refractivity contribution in [3.05, 3.63) is 30.1 Å². The summed E-state index contributed by atoms with van der Waals surface area (Å²) in [5.41, 5.74) is 6.10. The summed E-state index contributed by atoms with van der Waals surface area (Å²) in [6.07, 6.45) is 3.33. The van der Waals surface area contributed by atoms with Gasteiger partial charge >= 0.3 is 0 Å². The minimum Gasteiger partial charge on any atom is -0.409 e. The van der Waals surface area contributed by atoms with Gasteiger partial charge in [0.15, 0.2) is 0 Å². The summed E-state index contributed by atoms with van der Waals surface area (Å²) in [5, 5.41) is 11.3. The van der Waals surface area contributed by atoms with E-state index in [-0.39, 0.29) is 25.3 Å². The van der Waals surface area contributed by atoms with Gasteiger partial charge in [-0.2, -0.15) is 12.7 Å². The second kappa shape index (κ2) is 7.02. The van der Waals surface area contributed by atoms with Crippen molar-refractivity contribution in [3.8, 4) is 0 Å². The van der Waals surface area contributed by atoms with E-state index in [1.54, 1.807) is 24.5 Å². The van der Waals surface area contributed by atoms with E-state index in [4.69, 9.17) is 10.9 Å². The van der Waals surface area contributed by atoms with Gasteiger partial charge in [0.05, 0.1) is 0 Å². The third-order valence-electron chi connectivity index (χ3n) is 2.43. The SMILES string of the molecule is CNS(=O)(=O)N(CC/C(N)=N/O)Cc1cccnc1. The van der Waals surface area contributed by atoms with E-state index in [2.05, 4.69) is 14.9 Å². The fourth-order valence-corrected chi connectivity index (χ4v) is 2.31. The van der Waals surface area contributed by atoms with Crippen LogP contribution in [0, 0.1) is 0 Å². The molecule has 0 saturated heterocycles. The maximum Gasteiger partial charge on any atom is 0.279 e. The molecule has 0 aliphatic rings. The standard InChI is InChI=1S/C10H17N5O3S/c1-12-19(17,18)15(6-4-10(11)14-16)8-9-3-2-5-13-7-9/h2-3,5,7,12,16H,4,6,8H2,1H3,(H2,11,14). The summed E-state index contributed by atoms with van der Waals surface area (Å²) in [7, 11) is -2.27. The maximum atomic E-state index is 11.9. The molecule has 1 aromatic rings. The Morgan fingerprint density at radius 3 is 2.89 bits per heavy atom. The van der Waals surface area contributed by atoms with Crippen LogP contribution in [0.1, 0.15) is 12.0 Å². The molecule has 4 N–H and O–H groups in total. The van der Waals surface area contributed by atoms with Gasteiger partial charge in [0.2, 0.25) is 0 Å². The van der Waals surface area contributed by atoms with Crippen molar-refractivity contribution in [1.82, 2.24) is 14.0 Å². The van der Waals surface area contributed by atoms with Crippen molar-refractivity contribution in [1.29, 1.82) is 0 Å². The molecular formula is C10H17N5O3S. The van der Waals surface area contributed by atoms with Crippen molar-refractivity contribution in [2.75, 3.05) is 13.6 Å². The smallest absolute Gasteiger partial charge is 0.279 e. The first kappa shape index (κ1) is 15.3. The minimum atomic E-state index is -3.60. The molecule has 0 radical (unpaired) electrons. The summed E-state index contributed by atoms with van der Waals surface area (Å²) < 4.78 is 27.1. The Morgan fingerprint density at radius 1 is 1.63 bits per heavy atom. The van der Waals surface area contributed by atoms with Crippen LogP contribution in [-0.4, -0.2) is 42.3 Å². The summed E-state index contributed by atoms with van der Waals surface area (Å²) in [6.45, 7) is 0.268. The van der Waals surface area contributed by atoms with Crippen LogP contribution in [0.5, 0.6) is 0 Å². The summed E-state index contributed by atoms with van der Waals surface area (Å²) in [4.78, 5) is 3.93.